The summed E-state index contributed by atoms with van der Waals surface area (Å²) in [5, 5.41) is 9.01. The van der Waals surface area contributed by atoms with E-state index in [1.165, 1.54) is 25.7 Å². The van der Waals surface area contributed by atoms with Gasteiger partial charge < -0.3 is 0 Å². The van der Waals surface area contributed by atoms with E-state index in [0.717, 1.165) is 12.8 Å². The second kappa shape index (κ2) is 3.77. The fourth-order valence-corrected chi connectivity index (χ4v) is 2.08. The Kier molecular flexibility index (Phi) is 2.47. The lowest BCUT2D eigenvalue weighted by Crippen LogP contribution is -2.11. The summed E-state index contributed by atoms with van der Waals surface area (Å²) in [4.78, 5) is 11.3. The fraction of sp³-hybridized carbons (Fsp3) is 0.778. The predicted octanol–water partition coefficient (Wildman–Crippen LogP) is 1.54. The molecule has 1 aliphatic carbocycles. The highest BCUT2D eigenvalue weighted by Gasteiger charge is 2.18. The Balaban J connectivity index is 2.15. The summed E-state index contributed by atoms with van der Waals surface area (Å²) in [5.41, 5.74) is 0.675. The summed E-state index contributed by atoms with van der Waals surface area (Å²) in [5.74, 6) is 0.387. The second-order valence-electron chi connectivity index (χ2n) is 3.75. The molecule has 13 heavy (non-hydrogen) atoms. The monoisotopic (exact) mass is 181 g/mol. The maximum absolute atomic E-state index is 11.3. The molecule has 72 valence electrons. The van der Waals surface area contributed by atoms with Crippen molar-refractivity contribution in [3.63, 3.8) is 0 Å². The van der Waals surface area contributed by atoms with Gasteiger partial charge in [0.25, 0.3) is 5.56 Å². The van der Waals surface area contributed by atoms with Gasteiger partial charge in [-0.15, -0.1) is 0 Å². The van der Waals surface area contributed by atoms with Gasteiger partial charge in [-0.05, 0) is 12.8 Å². The molecule has 0 atom stereocenters. The molecule has 1 aliphatic rings. The molecule has 1 saturated carbocycles. The maximum atomic E-state index is 11.3. The smallest absolute Gasteiger partial charge is 0.266 e. The molecular formula is C9H15N3O. The Morgan fingerprint density at radius 2 is 1.85 bits per heavy atom. The van der Waals surface area contributed by atoms with Crippen LogP contribution in [-0.2, 0) is 0 Å². The highest BCUT2D eigenvalue weighted by molar-refractivity contribution is 5.01. The molecule has 0 bridgehead atoms. The van der Waals surface area contributed by atoms with Gasteiger partial charge in [0.15, 0.2) is 0 Å². The third-order valence-corrected chi connectivity index (χ3v) is 2.82. The van der Waals surface area contributed by atoms with Gasteiger partial charge in [0.05, 0.1) is 0 Å². The van der Waals surface area contributed by atoms with Gasteiger partial charge in [-0.2, -0.15) is 5.10 Å². The highest BCUT2D eigenvalue weighted by atomic mass is 16.1. The van der Waals surface area contributed by atoms with Crippen molar-refractivity contribution in [3.8, 4) is 0 Å². The molecule has 0 aliphatic heterocycles. The topological polar surface area (TPSA) is 61.5 Å². The van der Waals surface area contributed by atoms with E-state index < -0.39 is 0 Å². The first kappa shape index (κ1) is 8.53. The number of nitrogens with one attached hydrogen (secondary N) is 2. The van der Waals surface area contributed by atoms with Gasteiger partial charge in [-0.25, -0.2) is 10.3 Å². The Morgan fingerprint density at radius 3 is 2.38 bits per heavy atom. The zero-order chi connectivity index (χ0) is 9.10. The number of nitrogens with zero attached hydrogens (tertiary/aromatic N) is 1. The fourth-order valence-electron chi connectivity index (χ4n) is 2.08. The van der Waals surface area contributed by atoms with Gasteiger partial charge >= 0.3 is 0 Å². The van der Waals surface area contributed by atoms with E-state index >= 15 is 0 Å². The molecule has 0 amide bonds. The van der Waals surface area contributed by atoms with Crippen LogP contribution in [0.3, 0.4) is 0 Å². The molecule has 1 aromatic rings. The number of hydrogen-bond acceptors (Lipinski definition) is 2. The van der Waals surface area contributed by atoms with Crippen LogP contribution < -0.4 is 5.56 Å². The van der Waals surface area contributed by atoms with Gasteiger partial charge in [0, 0.05) is 5.92 Å². The lowest BCUT2D eigenvalue weighted by Gasteiger charge is -2.07. The number of aromatic amines is 2. The first-order chi connectivity index (χ1) is 6.38. The molecule has 2 N–H and O–H groups in total. The second-order valence-corrected chi connectivity index (χ2v) is 3.75. The molecular weight excluding hydrogens is 166 g/mol. The van der Waals surface area contributed by atoms with E-state index in [1.54, 1.807) is 0 Å². The lowest BCUT2D eigenvalue weighted by molar-refractivity contribution is 0.573. The van der Waals surface area contributed by atoms with Crippen LogP contribution in [-0.4, -0.2) is 15.4 Å². The minimum Gasteiger partial charge on any atom is -0.266 e. The van der Waals surface area contributed by atoms with E-state index in [4.69, 9.17) is 0 Å². The lowest BCUT2D eigenvalue weighted by atomic mass is 9.97. The number of hydrogen-bond donors (Lipinski definition) is 2. The molecule has 0 spiro atoms. The minimum absolute atomic E-state index is 0.0353. The summed E-state index contributed by atoms with van der Waals surface area (Å²) >= 11 is 0. The van der Waals surface area contributed by atoms with Gasteiger partial charge in [-0.3, -0.25) is 4.79 Å². The summed E-state index contributed by atoms with van der Waals surface area (Å²) in [6, 6.07) is 0. The Hall–Kier alpha value is -1.06. The largest absolute Gasteiger partial charge is 0.287 e. The third-order valence-electron chi connectivity index (χ3n) is 2.82. The molecule has 1 fully saturated rings. The molecule has 4 heteroatoms. The molecule has 0 radical (unpaired) electrons. The van der Waals surface area contributed by atoms with Crippen molar-refractivity contribution in [1.82, 2.24) is 15.4 Å². The average molecular weight is 181 g/mol. The number of rotatable bonds is 1. The molecule has 4 nitrogen and oxygen atoms in total. The van der Waals surface area contributed by atoms with E-state index in [9.17, 15) is 4.79 Å². The molecule has 2 rings (SSSR count). The van der Waals surface area contributed by atoms with Crippen molar-refractivity contribution in [1.29, 1.82) is 0 Å². The normalized spacial score (nSPS) is 20.0. The Morgan fingerprint density at radius 1 is 1.15 bits per heavy atom. The summed E-state index contributed by atoms with van der Waals surface area (Å²) in [6.07, 6.45) is 7.31. The van der Waals surface area contributed by atoms with E-state index in [0.29, 0.717) is 11.6 Å². The maximum Gasteiger partial charge on any atom is 0.287 e. The van der Waals surface area contributed by atoms with Crippen LogP contribution in [0.15, 0.2) is 4.79 Å². The van der Waals surface area contributed by atoms with Crippen LogP contribution in [0.5, 0.6) is 0 Å². The Bertz CT molecular complexity index is 307. The van der Waals surface area contributed by atoms with Crippen molar-refractivity contribution in [2.75, 3.05) is 0 Å². The molecule has 1 aromatic heterocycles. The Labute approximate surface area is 76.7 Å². The quantitative estimate of drug-likeness (QED) is 0.645. The molecule has 0 saturated heterocycles. The summed E-state index contributed by atoms with van der Waals surface area (Å²) in [7, 11) is 0. The van der Waals surface area contributed by atoms with Gasteiger partial charge in [0.2, 0.25) is 0 Å². The van der Waals surface area contributed by atoms with Crippen LogP contribution in [0.2, 0.25) is 0 Å². The summed E-state index contributed by atoms with van der Waals surface area (Å²) in [6.45, 7) is 0. The summed E-state index contributed by atoms with van der Waals surface area (Å²) < 4.78 is 0. The van der Waals surface area contributed by atoms with Crippen molar-refractivity contribution in [3.05, 3.63) is 16.0 Å². The minimum atomic E-state index is -0.0353. The molecule has 0 aromatic carbocycles. The number of H-pyrrole nitrogens is 2. The van der Waals surface area contributed by atoms with Crippen molar-refractivity contribution < 1.29 is 0 Å². The van der Waals surface area contributed by atoms with E-state index in [2.05, 4.69) is 15.4 Å². The SMILES string of the molecule is O=c1[nH][nH]nc1C1CCCCCC1. The third kappa shape index (κ3) is 1.82. The predicted molar refractivity (Wildman–Crippen MR) is 49.7 cm³/mol. The molecule has 1 heterocycles. The van der Waals surface area contributed by atoms with Crippen molar-refractivity contribution >= 4 is 0 Å². The highest BCUT2D eigenvalue weighted by Crippen LogP contribution is 2.28. The zero-order valence-electron chi connectivity index (χ0n) is 7.68. The van der Waals surface area contributed by atoms with Crippen LogP contribution in [0.25, 0.3) is 0 Å². The van der Waals surface area contributed by atoms with Crippen LogP contribution in [0, 0.1) is 0 Å². The standard InChI is InChI=1S/C9H15N3O/c13-9-8(10-12-11-9)7-5-3-1-2-4-6-7/h7H,1-6H2,(H2,10,11,12,13). The van der Waals surface area contributed by atoms with Gasteiger partial charge in [0.1, 0.15) is 5.69 Å². The van der Waals surface area contributed by atoms with E-state index in [-0.39, 0.29) is 5.56 Å². The van der Waals surface area contributed by atoms with Crippen LogP contribution in [0.4, 0.5) is 0 Å². The van der Waals surface area contributed by atoms with E-state index in [1.807, 2.05) is 0 Å². The van der Waals surface area contributed by atoms with Crippen molar-refractivity contribution in [2.45, 2.75) is 44.4 Å². The molecule has 0 unspecified atom stereocenters. The zero-order valence-corrected chi connectivity index (χ0v) is 7.68. The first-order valence-electron chi connectivity index (χ1n) is 5.01. The van der Waals surface area contributed by atoms with Crippen LogP contribution in [0.1, 0.15) is 50.1 Å². The first-order valence-corrected chi connectivity index (χ1v) is 5.01. The van der Waals surface area contributed by atoms with Crippen LogP contribution >= 0.6 is 0 Å². The number of aromatic nitrogens is 3. The average Bonchev–Trinajstić information content (AvgIpc) is 2.43. The van der Waals surface area contributed by atoms with Gasteiger partial charge in [-0.1, -0.05) is 25.7 Å². The van der Waals surface area contributed by atoms with Crippen molar-refractivity contribution in [2.24, 2.45) is 0 Å².